The Labute approximate surface area is 154 Å². The summed E-state index contributed by atoms with van der Waals surface area (Å²) < 4.78 is 1.61. The van der Waals surface area contributed by atoms with Crippen LogP contribution >= 0.6 is 0 Å². The first-order chi connectivity index (χ1) is 13.1. The quantitative estimate of drug-likeness (QED) is 0.509. The minimum Gasteiger partial charge on any atom is -0.338 e. The number of hydrogen-bond acceptors (Lipinski definition) is 6. The van der Waals surface area contributed by atoms with E-state index < -0.39 is 0 Å². The Kier molecular flexibility index (Phi) is 4.21. The zero-order chi connectivity index (χ0) is 18.8. The summed E-state index contributed by atoms with van der Waals surface area (Å²) in [5.74, 6) is 1.37. The van der Waals surface area contributed by atoms with Crippen LogP contribution in [-0.4, -0.2) is 47.3 Å². The first-order valence-electron chi connectivity index (χ1n) is 8.39. The van der Waals surface area contributed by atoms with Crippen LogP contribution in [0.25, 0.3) is 28.3 Å². The standard InChI is InChI=1S/C17H17N9O/c1-3-19-17(27)22-16-21-14-8-12(11-5-4-6-18-9-11)7-13(26(14)25-16)15-20-10(2)23-24-15/h4-9H,3H2,1-2H3,(H,20,23,24)(H2,19,22,25,27). The molecule has 0 aromatic carbocycles. The van der Waals surface area contributed by atoms with Gasteiger partial charge in [0.25, 0.3) is 5.95 Å². The van der Waals surface area contributed by atoms with Crippen LogP contribution in [0.3, 0.4) is 0 Å². The molecule has 0 fully saturated rings. The van der Waals surface area contributed by atoms with Gasteiger partial charge in [-0.05, 0) is 37.6 Å². The van der Waals surface area contributed by atoms with Gasteiger partial charge in [-0.3, -0.25) is 15.4 Å². The molecule has 0 aliphatic heterocycles. The molecule has 4 aromatic heterocycles. The average molecular weight is 363 g/mol. The second-order valence-electron chi connectivity index (χ2n) is 5.79. The minimum absolute atomic E-state index is 0.196. The van der Waals surface area contributed by atoms with Crippen LogP contribution in [-0.2, 0) is 0 Å². The number of carbonyl (C=O) groups excluding carboxylic acids is 1. The summed E-state index contributed by atoms with van der Waals surface area (Å²) >= 11 is 0. The molecule has 136 valence electrons. The lowest BCUT2D eigenvalue weighted by Crippen LogP contribution is -2.28. The van der Waals surface area contributed by atoms with E-state index in [1.165, 1.54) is 0 Å². The molecule has 4 heterocycles. The number of carbonyl (C=O) groups is 1. The fraction of sp³-hybridized carbons (Fsp3) is 0.176. The van der Waals surface area contributed by atoms with Crippen molar-refractivity contribution < 1.29 is 4.79 Å². The highest BCUT2D eigenvalue weighted by Crippen LogP contribution is 2.26. The van der Waals surface area contributed by atoms with Crippen LogP contribution in [0.15, 0.2) is 36.7 Å². The lowest BCUT2D eigenvalue weighted by Gasteiger charge is -2.05. The molecule has 0 radical (unpaired) electrons. The summed E-state index contributed by atoms with van der Waals surface area (Å²) in [7, 11) is 0. The number of aryl methyl sites for hydroxylation is 1. The summed E-state index contributed by atoms with van der Waals surface area (Å²) in [6, 6.07) is 7.26. The van der Waals surface area contributed by atoms with Gasteiger partial charge in [0.1, 0.15) is 11.5 Å². The maximum Gasteiger partial charge on any atom is 0.321 e. The van der Waals surface area contributed by atoms with Crippen LogP contribution in [0, 0.1) is 6.92 Å². The topological polar surface area (TPSA) is 126 Å². The van der Waals surface area contributed by atoms with Crippen molar-refractivity contribution in [2.75, 3.05) is 11.9 Å². The summed E-state index contributed by atoms with van der Waals surface area (Å²) in [5.41, 5.74) is 3.06. The Balaban J connectivity index is 1.86. The number of aromatic nitrogens is 7. The predicted molar refractivity (Wildman–Crippen MR) is 99.0 cm³/mol. The lowest BCUT2D eigenvalue weighted by atomic mass is 10.1. The summed E-state index contributed by atoms with van der Waals surface area (Å²) in [5, 5.41) is 16.6. The molecule has 10 nitrogen and oxygen atoms in total. The number of pyridine rings is 2. The molecular formula is C17H17N9O. The Morgan fingerprint density at radius 3 is 2.85 bits per heavy atom. The van der Waals surface area contributed by atoms with Crippen LogP contribution in [0.2, 0.25) is 0 Å². The highest BCUT2D eigenvalue weighted by Gasteiger charge is 2.16. The number of H-pyrrole nitrogens is 1. The molecule has 0 aliphatic carbocycles. The van der Waals surface area contributed by atoms with Gasteiger partial charge in [-0.1, -0.05) is 6.07 Å². The van der Waals surface area contributed by atoms with E-state index in [4.69, 9.17) is 0 Å². The molecule has 0 saturated carbocycles. The van der Waals surface area contributed by atoms with Crippen molar-refractivity contribution in [3.63, 3.8) is 0 Å². The fourth-order valence-electron chi connectivity index (χ4n) is 2.67. The molecule has 27 heavy (non-hydrogen) atoms. The largest absolute Gasteiger partial charge is 0.338 e. The number of nitrogens with one attached hydrogen (secondary N) is 3. The highest BCUT2D eigenvalue weighted by molar-refractivity contribution is 5.87. The molecule has 0 bridgehead atoms. The maximum absolute atomic E-state index is 11.8. The van der Waals surface area contributed by atoms with Gasteiger partial charge in [-0.15, -0.1) is 5.10 Å². The van der Waals surface area contributed by atoms with Gasteiger partial charge in [0.15, 0.2) is 11.5 Å². The fourth-order valence-corrected chi connectivity index (χ4v) is 2.67. The van der Waals surface area contributed by atoms with E-state index in [1.54, 1.807) is 23.8 Å². The lowest BCUT2D eigenvalue weighted by molar-refractivity contribution is 0.252. The highest BCUT2D eigenvalue weighted by atomic mass is 16.2. The Bertz CT molecular complexity index is 1100. The second kappa shape index (κ2) is 6.83. The van der Waals surface area contributed by atoms with Gasteiger partial charge in [-0.25, -0.2) is 14.3 Å². The SMILES string of the molecule is CCNC(=O)Nc1nc2cc(-c3cccnc3)cc(-c3nc(C)n[nH]3)n2n1. The van der Waals surface area contributed by atoms with E-state index in [-0.39, 0.29) is 12.0 Å². The summed E-state index contributed by atoms with van der Waals surface area (Å²) in [6.07, 6.45) is 3.49. The van der Waals surface area contributed by atoms with Crippen molar-refractivity contribution in [1.82, 2.24) is 40.1 Å². The van der Waals surface area contributed by atoms with Crippen molar-refractivity contribution in [3.8, 4) is 22.6 Å². The van der Waals surface area contributed by atoms with E-state index in [0.29, 0.717) is 29.5 Å². The van der Waals surface area contributed by atoms with Crippen molar-refractivity contribution in [2.45, 2.75) is 13.8 Å². The molecule has 4 rings (SSSR count). The number of anilines is 1. The number of fused-ring (bicyclic) bond motifs is 1. The van der Waals surface area contributed by atoms with Crippen molar-refractivity contribution >= 4 is 17.6 Å². The maximum atomic E-state index is 11.8. The van der Waals surface area contributed by atoms with Crippen molar-refractivity contribution in [3.05, 3.63) is 42.5 Å². The van der Waals surface area contributed by atoms with Gasteiger partial charge in [0.2, 0.25) is 0 Å². The Morgan fingerprint density at radius 2 is 2.15 bits per heavy atom. The van der Waals surface area contributed by atoms with E-state index >= 15 is 0 Å². The first kappa shape index (κ1) is 16.6. The number of hydrogen-bond donors (Lipinski definition) is 3. The zero-order valence-electron chi connectivity index (χ0n) is 14.8. The minimum atomic E-state index is -0.363. The third-order valence-electron chi connectivity index (χ3n) is 3.83. The van der Waals surface area contributed by atoms with Crippen LogP contribution in [0.5, 0.6) is 0 Å². The summed E-state index contributed by atoms with van der Waals surface area (Å²) in [4.78, 5) is 24.8. The zero-order valence-corrected chi connectivity index (χ0v) is 14.8. The van der Waals surface area contributed by atoms with E-state index in [0.717, 1.165) is 11.1 Å². The van der Waals surface area contributed by atoms with Gasteiger partial charge in [0, 0.05) is 24.5 Å². The van der Waals surface area contributed by atoms with Gasteiger partial charge >= 0.3 is 6.03 Å². The third-order valence-corrected chi connectivity index (χ3v) is 3.83. The smallest absolute Gasteiger partial charge is 0.321 e. The normalized spacial score (nSPS) is 10.9. The molecule has 0 spiro atoms. The van der Waals surface area contributed by atoms with Crippen LogP contribution in [0.4, 0.5) is 10.7 Å². The van der Waals surface area contributed by atoms with Gasteiger partial charge < -0.3 is 5.32 Å². The monoisotopic (exact) mass is 363 g/mol. The number of urea groups is 1. The Hall–Kier alpha value is -3.82. The molecule has 4 aromatic rings. The van der Waals surface area contributed by atoms with Crippen LogP contribution in [0.1, 0.15) is 12.7 Å². The molecule has 10 heteroatoms. The molecule has 0 aliphatic rings. The van der Waals surface area contributed by atoms with E-state index in [9.17, 15) is 4.79 Å². The molecule has 0 unspecified atom stereocenters. The number of aromatic amines is 1. The van der Waals surface area contributed by atoms with Crippen molar-refractivity contribution in [2.24, 2.45) is 0 Å². The number of amides is 2. The van der Waals surface area contributed by atoms with E-state index in [2.05, 4.69) is 40.9 Å². The van der Waals surface area contributed by atoms with E-state index in [1.807, 2.05) is 31.2 Å². The molecule has 0 atom stereocenters. The first-order valence-corrected chi connectivity index (χ1v) is 8.39. The summed E-state index contributed by atoms with van der Waals surface area (Å²) in [6.45, 7) is 4.14. The third kappa shape index (κ3) is 3.32. The average Bonchev–Trinajstić information content (AvgIpc) is 3.27. The van der Waals surface area contributed by atoms with Crippen LogP contribution < -0.4 is 10.6 Å². The van der Waals surface area contributed by atoms with Crippen molar-refractivity contribution in [1.29, 1.82) is 0 Å². The molecule has 3 N–H and O–H groups in total. The number of rotatable bonds is 4. The van der Waals surface area contributed by atoms with Gasteiger partial charge in [-0.2, -0.15) is 10.1 Å². The number of nitrogens with zero attached hydrogens (tertiary/aromatic N) is 6. The second-order valence-corrected chi connectivity index (χ2v) is 5.79. The predicted octanol–water partition coefficient (Wildman–Crippen LogP) is 2.03. The van der Waals surface area contributed by atoms with Gasteiger partial charge in [0.05, 0.1) is 0 Å². The Morgan fingerprint density at radius 1 is 1.26 bits per heavy atom. The molecule has 0 saturated heterocycles. The molecule has 2 amide bonds. The molecular weight excluding hydrogens is 346 g/mol.